The molecule has 0 unspecified atom stereocenters. The van der Waals surface area contributed by atoms with Gasteiger partial charge in [-0.1, -0.05) is 12.5 Å². The number of halogens is 1. The van der Waals surface area contributed by atoms with Gasteiger partial charge in [-0.25, -0.2) is 14.4 Å². The summed E-state index contributed by atoms with van der Waals surface area (Å²) in [5, 5.41) is 3.13. The minimum absolute atomic E-state index is 0.0205. The zero-order valence-electron chi connectivity index (χ0n) is 16.2. The first-order valence-corrected chi connectivity index (χ1v) is 8.98. The number of likely N-dealkylation sites (tertiary alicyclic amines) is 1. The van der Waals surface area contributed by atoms with Crippen molar-refractivity contribution < 1.29 is 18.7 Å². The van der Waals surface area contributed by atoms with Crippen LogP contribution in [0.3, 0.4) is 0 Å². The highest BCUT2D eigenvalue weighted by molar-refractivity contribution is 5.87. The normalized spacial score (nSPS) is 15.3. The van der Waals surface area contributed by atoms with Crippen LogP contribution >= 0.6 is 0 Å². The Morgan fingerprint density at radius 2 is 2.03 bits per heavy atom. The van der Waals surface area contributed by atoms with Gasteiger partial charge >= 0.3 is 0 Å². The number of carbonyl (C=O) groups is 1. The number of rotatable bonds is 5. The van der Waals surface area contributed by atoms with Crippen LogP contribution < -0.4 is 14.8 Å². The Morgan fingerprint density at radius 3 is 2.69 bits per heavy atom. The highest BCUT2D eigenvalue weighted by Crippen LogP contribution is 2.22. The molecule has 0 bridgehead atoms. The Kier molecular flexibility index (Phi) is 6.29. The topological polar surface area (TPSA) is 76.6 Å². The molecule has 1 N–H and O–H groups in total. The Labute approximate surface area is 168 Å². The average molecular weight is 396 g/mol. The lowest BCUT2D eigenvalue weighted by Crippen LogP contribution is -2.30. The molecule has 1 aliphatic rings. The van der Waals surface area contributed by atoms with Gasteiger partial charge in [0, 0.05) is 30.8 Å². The van der Waals surface area contributed by atoms with Crippen LogP contribution in [0.1, 0.15) is 17.7 Å². The fraction of sp³-hybridized carbons (Fsp3) is 0.286. The first-order chi connectivity index (χ1) is 14.0. The number of carbonyl (C=O) groups excluding carboxylic acids is 1. The van der Waals surface area contributed by atoms with Crippen molar-refractivity contribution in [3.8, 4) is 23.3 Å². The second-order valence-corrected chi connectivity index (χ2v) is 6.36. The van der Waals surface area contributed by atoms with E-state index >= 15 is 0 Å². The molecule has 1 aromatic heterocycles. The lowest BCUT2D eigenvalue weighted by atomic mass is 10.2. The van der Waals surface area contributed by atoms with E-state index in [2.05, 4.69) is 33.7 Å². The van der Waals surface area contributed by atoms with E-state index in [0.717, 1.165) is 12.6 Å². The summed E-state index contributed by atoms with van der Waals surface area (Å²) in [5.74, 6) is 6.29. The van der Waals surface area contributed by atoms with Crippen LogP contribution in [0.2, 0.25) is 0 Å². The molecular weight excluding hydrogens is 375 g/mol. The van der Waals surface area contributed by atoms with Crippen LogP contribution in [0.4, 0.5) is 10.3 Å². The minimum atomic E-state index is -0.618. The van der Waals surface area contributed by atoms with E-state index in [1.54, 1.807) is 37.3 Å². The van der Waals surface area contributed by atoms with Crippen molar-refractivity contribution in [2.45, 2.75) is 12.5 Å². The maximum atomic E-state index is 14.1. The molecule has 1 saturated heterocycles. The lowest BCUT2D eigenvalue weighted by molar-refractivity contribution is -0.125. The number of anilines is 1. The number of nitrogens with one attached hydrogen (secondary N) is 1. The third kappa shape index (κ3) is 5.02. The number of ether oxygens (including phenoxy) is 2. The summed E-state index contributed by atoms with van der Waals surface area (Å²) in [5.41, 5.74) is 0.574. The van der Waals surface area contributed by atoms with Gasteiger partial charge in [0.1, 0.15) is 11.5 Å². The maximum absolute atomic E-state index is 14.1. The molecule has 1 aliphatic heterocycles. The molecule has 29 heavy (non-hydrogen) atoms. The Hall–Kier alpha value is -3.60. The molecule has 0 saturated carbocycles. The smallest absolute Gasteiger partial charge is 0.246 e. The molecule has 0 spiro atoms. The fourth-order valence-electron chi connectivity index (χ4n) is 2.93. The summed E-state index contributed by atoms with van der Waals surface area (Å²) in [6.07, 6.45) is 3.11. The van der Waals surface area contributed by atoms with E-state index in [0.29, 0.717) is 30.2 Å². The van der Waals surface area contributed by atoms with Crippen LogP contribution in [0.25, 0.3) is 0 Å². The van der Waals surface area contributed by atoms with Gasteiger partial charge in [-0.2, -0.15) is 0 Å². The first-order valence-electron chi connectivity index (χ1n) is 8.98. The van der Waals surface area contributed by atoms with Crippen molar-refractivity contribution >= 4 is 11.9 Å². The monoisotopic (exact) mass is 396 g/mol. The summed E-state index contributed by atoms with van der Waals surface area (Å²) in [7, 11) is 3.08. The third-order valence-corrected chi connectivity index (χ3v) is 4.43. The van der Waals surface area contributed by atoms with Crippen molar-refractivity contribution in [2.75, 3.05) is 32.6 Å². The number of amides is 1. The maximum Gasteiger partial charge on any atom is 0.246 e. The molecule has 8 heteroatoms. The molecule has 1 atom stereocenters. The second-order valence-electron chi connectivity index (χ2n) is 6.36. The van der Waals surface area contributed by atoms with Gasteiger partial charge in [-0.15, -0.1) is 0 Å². The molecule has 1 fully saturated rings. The van der Waals surface area contributed by atoms with Crippen LogP contribution in [-0.4, -0.2) is 54.1 Å². The van der Waals surface area contributed by atoms with Crippen molar-refractivity contribution in [3.05, 3.63) is 54.1 Å². The van der Waals surface area contributed by atoms with Crippen molar-refractivity contribution in [1.29, 1.82) is 0 Å². The quantitative estimate of drug-likeness (QED) is 0.617. The van der Waals surface area contributed by atoms with E-state index in [-0.39, 0.29) is 23.6 Å². The molecule has 1 amide bonds. The second kappa shape index (κ2) is 9.06. The van der Waals surface area contributed by atoms with E-state index in [1.807, 2.05) is 0 Å². The molecular formula is C21H21FN4O3. The summed E-state index contributed by atoms with van der Waals surface area (Å²) in [6.45, 7) is 4.62. The van der Waals surface area contributed by atoms with Gasteiger partial charge in [0.05, 0.1) is 20.4 Å². The molecule has 2 heterocycles. The SMILES string of the molecule is C=CC(=O)N1CC[C@H](Nc2ncc(F)c(C#Cc3cc(OC)cc(OC)c3)n2)C1. The Bertz CT molecular complexity index is 961. The van der Waals surface area contributed by atoms with Crippen LogP contribution in [-0.2, 0) is 4.79 Å². The van der Waals surface area contributed by atoms with Gasteiger partial charge in [-0.3, -0.25) is 4.79 Å². The number of hydrogen-bond acceptors (Lipinski definition) is 6. The standard InChI is InChI=1S/C21H21FN4O3/c1-4-20(27)26-8-7-15(13-26)24-21-23-12-18(22)19(25-21)6-5-14-9-16(28-2)11-17(10-14)29-3/h4,9-12,15H,1,7-8,13H2,2-3H3,(H,23,24,25)/t15-/m0/s1. The predicted molar refractivity (Wildman–Crippen MR) is 106 cm³/mol. The third-order valence-electron chi connectivity index (χ3n) is 4.43. The van der Waals surface area contributed by atoms with E-state index in [4.69, 9.17) is 9.47 Å². The Morgan fingerprint density at radius 1 is 1.31 bits per heavy atom. The van der Waals surface area contributed by atoms with E-state index in [9.17, 15) is 9.18 Å². The van der Waals surface area contributed by atoms with Crippen molar-refractivity contribution in [3.63, 3.8) is 0 Å². The minimum Gasteiger partial charge on any atom is -0.497 e. The molecule has 2 aromatic rings. The summed E-state index contributed by atoms with van der Waals surface area (Å²) >= 11 is 0. The van der Waals surface area contributed by atoms with Gasteiger partial charge in [0.15, 0.2) is 11.5 Å². The largest absolute Gasteiger partial charge is 0.497 e. The molecule has 150 valence electrons. The van der Waals surface area contributed by atoms with Crippen LogP contribution in [0, 0.1) is 17.7 Å². The number of methoxy groups -OCH3 is 2. The molecule has 0 radical (unpaired) electrons. The Balaban J connectivity index is 1.76. The first kappa shape index (κ1) is 20.1. The van der Waals surface area contributed by atoms with E-state index < -0.39 is 5.82 Å². The highest BCUT2D eigenvalue weighted by atomic mass is 19.1. The molecule has 0 aliphatic carbocycles. The highest BCUT2D eigenvalue weighted by Gasteiger charge is 2.25. The molecule has 1 aromatic carbocycles. The molecule has 7 nitrogen and oxygen atoms in total. The lowest BCUT2D eigenvalue weighted by Gasteiger charge is -2.15. The number of hydrogen-bond donors (Lipinski definition) is 1. The number of aromatic nitrogens is 2. The predicted octanol–water partition coefficient (Wildman–Crippen LogP) is 2.23. The van der Waals surface area contributed by atoms with Gasteiger partial charge < -0.3 is 19.7 Å². The average Bonchev–Trinajstić information content (AvgIpc) is 3.21. The molecule has 3 rings (SSSR count). The zero-order valence-corrected chi connectivity index (χ0v) is 16.2. The van der Waals surface area contributed by atoms with E-state index in [1.165, 1.54) is 6.08 Å². The number of benzene rings is 1. The fourth-order valence-corrected chi connectivity index (χ4v) is 2.93. The number of nitrogens with zero attached hydrogens (tertiary/aromatic N) is 3. The van der Waals surface area contributed by atoms with Gasteiger partial charge in [0.2, 0.25) is 11.9 Å². The van der Waals surface area contributed by atoms with Crippen LogP contribution in [0.5, 0.6) is 11.5 Å². The summed E-state index contributed by atoms with van der Waals surface area (Å²) < 4.78 is 24.5. The van der Waals surface area contributed by atoms with Gasteiger partial charge in [-0.05, 0) is 30.6 Å². The van der Waals surface area contributed by atoms with Crippen molar-refractivity contribution in [2.24, 2.45) is 0 Å². The zero-order chi connectivity index (χ0) is 20.8. The van der Waals surface area contributed by atoms with Crippen LogP contribution in [0.15, 0.2) is 37.1 Å². The van der Waals surface area contributed by atoms with Gasteiger partial charge in [0.25, 0.3) is 0 Å². The summed E-state index contributed by atoms with van der Waals surface area (Å²) in [6, 6.07) is 5.14. The summed E-state index contributed by atoms with van der Waals surface area (Å²) in [4.78, 5) is 21.5. The van der Waals surface area contributed by atoms with Crippen molar-refractivity contribution in [1.82, 2.24) is 14.9 Å².